The zero-order chi connectivity index (χ0) is 15.2. The molecule has 1 amide bonds. The molecule has 21 heavy (non-hydrogen) atoms. The second-order valence-electron chi connectivity index (χ2n) is 5.77. The van der Waals surface area contributed by atoms with Gasteiger partial charge in [0.05, 0.1) is 18.2 Å². The van der Waals surface area contributed by atoms with Gasteiger partial charge in [0.2, 0.25) is 5.91 Å². The number of amides is 1. The van der Waals surface area contributed by atoms with Gasteiger partial charge < -0.3 is 10.2 Å². The van der Waals surface area contributed by atoms with Gasteiger partial charge in [-0.15, -0.1) is 0 Å². The Morgan fingerprint density at radius 1 is 1.43 bits per heavy atom. The third kappa shape index (κ3) is 4.55. The monoisotopic (exact) mass is 286 g/mol. The van der Waals surface area contributed by atoms with Gasteiger partial charge in [0.15, 0.2) is 0 Å². The van der Waals surface area contributed by atoms with Crippen LogP contribution in [0.25, 0.3) is 0 Å². The van der Waals surface area contributed by atoms with Crippen molar-refractivity contribution in [3.05, 3.63) is 29.8 Å². The number of nitrogens with one attached hydrogen (secondary N) is 1. The smallest absolute Gasteiger partial charge is 0.238 e. The quantitative estimate of drug-likeness (QED) is 0.891. The molecule has 5 heteroatoms. The van der Waals surface area contributed by atoms with E-state index in [-0.39, 0.29) is 5.91 Å². The van der Waals surface area contributed by atoms with Crippen molar-refractivity contribution in [3.63, 3.8) is 0 Å². The van der Waals surface area contributed by atoms with Gasteiger partial charge in [0, 0.05) is 18.3 Å². The van der Waals surface area contributed by atoms with Crippen molar-refractivity contribution in [2.45, 2.75) is 18.9 Å². The topological polar surface area (TPSA) is 59.4 Å². The molecule has 112 valence electrons. The number of hydrogen-bond donors (Lipinski definition) is 1. The van der Waals surface area contributed by atoms with Gasteiger partial charge in [-0.3, -0.25) is 9.69 Å². The minimum atomic E-state index is 0.00497. The van der Waals surface area contributed by atoms with Crippen molar-refractivity contribution in [1.29, 1.82) is 5.26 Å². The zero-order valence-electron chi connectivity index (χ0n) is 12.7. The Morgan fingerprint density at radius 3 is 2.76 bits per heavy atom. The molecular formula is C16H22N4O. The standard InChI is InChI=1S/C16H22N4O/c1-19(2)11-15-4-3-9-20(15)12-16(21)18-14-7-5-13(10-17)6-8-14/h5-8,15H,3-4,9,11-12H2,1-2H3,(H,18,21). The van der Waals surface area contributed by atoms with E-state index in [0.717, 1.165) is 31.6 Å². The molecule has 0 radical (unpaired) electrons. The van der Waals surface area contributed by atoms with E-state index in [2.05, 4.69) is 35.3 Å². The molecule has 0 bridgehead atoms. The summed E-state index contributed by atoms with van der Waals surface area (Å²) in [7, 11) is 4.13. The Morgan fingerprint density at radius 2 is 2.14 bits per heavy atom. The third-order valence-electron chi connectivity index (χ3n) is 3.72. The summed E-state index contributed by atoms with van der Waals surface area (Å²) < 4.78 is 0. The van der Waals surface area contributed by atoms with Crippen LogP contribution >= 0.6 is 0 Å². The fourth-order valence-corrected chi connectivity index (χ4v) is 2.74. The van der Waals surface area contributed by atoms with Crippen molar-refractivity contribution >= 4 is 11.6 Å². The number of likely N-dealkylation sites (N-methyl/N-ethyl adjacent to an activating group) is 1. The highest BCUT2D eigenvalue weighted by atomic mass is 16.2. The van der Waals surface area contributed by atoms with E-state index >= 15 is 0 Å². The van der Waals surface area contributed by atoms with Crippen LogP contribution in [0.3, 0.4) is 0 Å². The maximum atomic E-state index is 12.1. The van der Waals surface area contributed by atoms with Gasteiger partial charge in [-0.25, -0.2) is 0 Å². The summed E-state index contributed by atoms with van der Waals surface area (Å²) in [6, 6.07) is 9.47. The van der Waals surface area contributed by atoms with Crippen LogP contribution in [0.2, 0.25) is 0 Å². The maximum Gasteiger partial charge on any atom is 0.238 e. The number of nitrogens with zero attached hydrogens (tertiary/aromatic N) is 3. The summed E-state index contributed by atoms with van der Waals surface area (Å²) in [5, 5.41) is 11.6. The molecule has 0 spiro atoms. The molecule has 1 N–H and O–H groups in total. The Labute approximate surface area is 126 Å². The Balaban J connectivity index is 1.87. The molecule has 2 rings (SSSR count). The molecule has 0 saturated carbocycles. The fraction of sp³-hybridized carbons (Fsp3) is 0.500. The number of nitriles is 1. The van der Waals surface area contributed by atoms with Crippen LogP contribution in [0.1, 0.15) is 18.4 Å². The van der Waals surface area contributed by atoms with E-state index in [4.69, 9.17) is 5.26 Å². The van der Waals surface area contributed by atoms with E-state index in [1.165, 1.54) is 0 Å². The van der Waals surface area contributed by atoms with E-state index in [9.17, 15) is 4.79 Å². The minimum absolute atomic E-state index is 0.00497. The van der Waals surface area contributed by atoms with Crippen molar-refractivity contribution in [3.8, 4) is 6.07 Å². The van der Waals surface area contributed by atoms with E-state index in [1.807, 2.05) is 0 Å². The van der Waals surface area contributed by atoms with Crippen LogP contribution in [0, 0.1) is 11.3 Å². The van der Waals surface area contributed by atoms with Gasteiger partial charge in [-0.2, -0.15) is 5.26 Å². The molecule has 1 saturated heterocycles. The lowest BCUT2D eigenvalue weighted by Crippen LogP contribution is -2.41. The summed E-state index contributed by atoms with van der Waals surface area (Å²) in [5.74, 6) is 0.00497. The average Bonchev–Trinajstić information content (AvgIpc) is 2.86. The molecule has 1 atom stereocenters. The third-order valence-corrected chi connectivity index (χ3v) is 3.72. The molecule has 1 heterocycles. The average molecular weight is 286 g/mol. The molecule has 1 aliphatic heterocycles. The molecule has 1 unspecified atom stereocenters. The Kier molecular flexibility index (Phi) is 5.32. The van der Waals surface area contributed by atoms with Crippen LogP contribution < -0.4 is 5.32 Å². The molecule has 1 aliphatic rings. The summed E-state index contributed by atoms with van der Waals surface area (Å²) in [4.78, 5) is 16.5. The zero-order valence-corrected chi connectivity index (χ0v) is 12.7. The number of likely N-dealkylation sites (tertiary alicyclic amines) is 1. The van der Waals surface area contributed by atoms with Gasteiger partial charge in [-0.05, 0) is 57.7 Å². The van der Waals surface area contributed by atoms with Crippen LogP contribution in [0.4, 0.5) is 5.69 Å². The first-order chi connectivity index (χ1) is 10.1. The number of carbonyl (C=O) groups is 1. The predicted molar refractivity (Wildman–Crippen MR) is 82.9 cm³/mol. The van der Waals surface area contributed by atoms with Crippen molar-refractivity contribution in [1.82, 2.24) is 9.80 Å². The fourth-order valence-electron chi connectivity index (χ4n) is 2.74. The van der Waals surface area contributed by atoms with E-state index in [0.29, 0.717) is 18.2 Å². The summed E-state index contributed by atoms with van der Waals surface area (Å²) in [6.45, 7) is 2.40. The molecular weight excluding hydrogens is 264 g/mol. The molecule has 0 aliphatic carbocycles. The second-order valence-corrected chi connectivity index (χ2v) is 5.77. The number of rotatable bonds is 5. The molecule has 1 aromatic carbocycles. The van der Waals surface area contributed by atoms with Crippen molar-refractivity contribution in [2.75, 3.05) is 39.0 Å². The first-order valence-electron chi connectivity index (χ1n) is 7.27. The lowest BCUT2D eigenvalue weighted by Gasteiger charge is -2.26. The van der Waals surface area contributed by atoms with Crippen LogP contribution in [0.15, 0.2) is 24.3 Å². The summed E-state index contributed by atoms with van der Waals surface area (Å²) in [6.07, 6.45) is 2.31. The molecule has 0 aromatic heterocycles. The highest BCUT2D eigenvalue weighted by Gasteiger charge is 2.26. The summed E-state index contributed by atoms with van der Waals surface area (Å²) >= 11 is 0. The normalized spacial score (nSPS) is 18.7. The second kappa shape index (κ2) is 7.21. The summed E-state index contributed by atoms with van der Waals surface area (Å²) in [5.41, 5.74) is 1.33. The van der Waals surface area contributed by atoms with Crippen molar-refractivity contribution < 1.29 is 4.79 Å². The lowest BCUT2D eigenvalue weighted by atomic mass is 10.2. The molecule has 5 nitrogen and oxygen atoms in total. The Bertz CT molecular complexity index is 518. The van der Waals surface area contributed by atoms with Gasteiger partial charge >= 0.3 is 0 Å². The van der Waals surface area contributed by atoms with Crippen LogP contribution in [-0.4, -0.2) is 55.5 Å². The van der Waals surface area contributed by atoms with Gasteiger partial charge in [0.25, 0.3) is 0 Å². The Hall–Kier alpha value is -1.90. The first-order valence-corrected chi connectivity index (χ1v) is 7.27. The molecule has 1 fully saturated rings. The minimum Gasteiger partial charge on any atom is -0.325 e. The lowest BCUT2D eigenvalue weighted by molar-refractivity contribution is -0.117. The first kappa shape index (κ1) is 15.5. The highest BCUT2D eigenvalue weighted by molar-refractivity contribution is 5.92. The predicted octanol–water partition coefficient (Wildman–Crippen LogP) is 1.52. The molecule has 1 aromatic rings. The number of hydrogen-bond acceptors (Lipinski definition) is 4. The van der Waals surface area contributed by atoms with Crippen molar-refractivity contribution in [2.24, 2.45) is 0 Å². The number of anilines is 1. The highest BCUT2D eigenvalue weighted by Crippen LogP contribution is 2.17. The number of carbonyl (C=O) groups excluding carboxylic acids is 1. The van der Waals surface area contributed by atoms with Crippen LogP contribution in [-0.2, 0) is 4.79 Å². The van der Waals surface area contributed by atoms with E-state index < -0.39 is 0 Å². The maximum absolute atomic E-state index is 12.1. The SMILES string of the molecule is CN(C)CC1CCCN1CC(=O)Nc1ccc(C#N)cc1. The van der Waals surface area contributed by atoms with Gasteiger partial charge in [0.1, 0.15) is 0 Å². The van der Waals surface area contributed by atoms with Gasteiger partial charge in [-0.1, -0.05) is 0 Å². The van der Waals surface area contributed by atoms with Crippen LogP contribution in [0.5, 0.6) is 0 Å². The number of benzene rings is 1. The largest absolute Gasteiger partial charge is 0.325 e. The van der Waals surface area contributed by atoms with E-state index in [1.54, 1.807) is 24.3 Å².